The van der Waals surface area contributed by atoms with Crippen molar-refractivity contribution < 1.29 is 0 Å². The van der Waals surface area contributed by atoms with Gasteiger partial charge in [-0.25, -0.2) is 0 Å². The normalized spacial score (nSPS) is 30.6. The topological polar surface area (TPSA) is 24.4 Å². The van der Waals surface area contributed by atoms with E-state index in [9.17, 15) is 0 Å². The molecular weight excluding hydrogens is 124 g/mol. The Morgan fingerprint density at radius 2 is 2.20 bits per heavy atom. The fraction of sp³-hybridized carbons (Fsp3) is 0.375. The Kier molecular flexibility index (Phi) is 2.02. The molecule has 0 aromatic heterocycles. The third-order valence-corrected chi connectivity index (χ3v) is 1.61. The highest BCUT2D eigenvalue weighted by Crippen LogP contribution is 2.04. The molecule has 2 nitrogen and oxygen atoms in total. The number of likely N-dealkylation sites (N-methyl/N-ethyl adjacent to an activating group) is 1. The van der Waals surface area contributed by atoms with Crippen LogP contribution in [0.2, 0.25) is 0 Å². The van der Waals surface area contributed by atoms with E-state index < -0.39 is 0 Å². The van der Waals surface area contributed by atoms with Gasteiger partial charge in [-0.1, -0.05) is 12.2 Å². The van der Waals surface area contributed by atoms with Crippen molar-refractivity contribution in [2.24, 2.45) is 4.99 Å². The zero-order valence-corrected chi connectivity index (χ0v) is 6.33. The van der Waals surface area contributed by atoms with Crippen molar-refractivity contribution in [3.05, 3.63) is 24.4 Å². The highest BCUT2D eigenvalue weighted by atomic mass is 14.9. The molecule has 1 rings (SSSR count). The first-order chi connectivity index (χ1) is 4.77. The number of aliphatic imine (C=N–C) groups is 1. The van der Waals surface area contributed by atoms with Crippen LogP contribution in [-0.4, -0.2) is 18.8 Å². The van der Waals surface area contributed by atoms with Gasteiger partial charge >= 0.3 is 0 Å². The van der Waals surface area contributed by atoms with E-state index >= 15 is 0 Å². The lowest BCUT2D eigenvalue weighted by Crippen LogP contribution is -2.38. The molecule has 0 amide bonds. The van der Waals surface area contributed by atoms with Crippen LogP contribution in [0.25, 0.3) is 0 Å². The molecule has 1 aliphatic rings. The van der Waals surface area contributed by atoms with Gasteiger partial charge in [0.25, 0.3) is 0 Å². The van der Waals surface area contributed by atoms with Gasteiger partial charge in [-0.2, -0.15) is 0 Å². The van der Waals surface area contributed by atoms with Crippen LogP contribution in [-0.2, 0) is 0 Å². The molecule has 0 saturated carbocycles. The summed E-state index contributed by atoms with van der Waals surface area (Å²) >= 11 is 0. The van der Waals surface area contributed by atoms with Crippen LogP contribution in [0.3, 0.4) is 0 Å². The molecular formula is C8H12N2. The minimum atomic E-state index is -0.0799. The van der Waals surface area contributed by atoms with Crippen LogP contribution in [0.15, 0.2) is 29.4 Å². The predicted octanol–water partition coefficient (Wildman–Crippen LogP) is 1.12. The van der Waals surface area contributed by atoms with Crippen LogP contribution in [0, 0.1) is 0 Å². The summed E-state index contributed by atoms with van der Waals surface area (Å²) in [5.41, 5.74) is -0.0799. The molecule has 0 fully saturated rings. The Bertz CT molecular complexity index is 173. The van der Waals surface area contributed by atoms with E-state index in [1.165, 1.54) is 0 Å². The molecule has 0 aliphatic carbocycles. The summed E-state index contributed by atoms with van der Waals surface area (Å²) < 4.78 is 0. The first kappa shape index (κ1) is 7.22. The molecule has 1 aliphatic heterocycles. The van der Waals surface area contributed by atoms with Crippen molar-refractivity contribution in [3.8, 4) is 0 Å². The quantitative estimate of drug-likeness (QED) is 0.574. The molecule has 1 atom stereocenters. The number of hydrogen-bond acceptors (Lipinski definition) is 2. The Labute approximate surface area is 61.4 Å². The van der Waals surface area contributed by atoms with Crippen molar-refractivity contribution in [3.63, 3.8) is 0 Å². The van der Waals surface area contributed by atoms with Gasteiger partial charge < -0.3 is 5.32 Å². The Hall–Kier alpha value is -0.890. The van der Waals surface area contributed by atoms with Gasteiger partial charge in [-0.3, -0.25) is 4.99 Å². The van der Waals surface area contributed by atoms with E-state index in [-0.39, 0.29) is 5.54 Å². The highest BCUT2D eigenvalue weighted by Gasteiger charge is 2.13. The molecule has 0 saturated heterocycles. The number of nitrogens with zero attached hydrogens (tertiary/aromatic N) is 1. The van der Waals surface area contributed by atoms with E-state index in [1.54, 1.807) is 6.20 Å². The fourth-order valence-electron chi connectivity index (χ4n) is 0.744. The minimum Gasteiger partial charge on any atom is -0.307 e. The Morgan fingerprint density at radius 3 is 2.90 bits per heavy atom. The zero-order valence-electron chi connectivity index (χ0n) is 6.33. The predicted molar refractivity (Wildman–Crippen MR) is 44.2 cm³/mol. The maximum Gasteiger partial charge on any atom is 0.0695 e. The SMILES string of the molecule is CN[C@]1(C)C=CC=CN=C1. The van der Waals surface area contributed by atoms with Crippen molar-refractivity contribution in [1.82, 2.24) is 5.32 Å². The third kappa shape index (κ3) is 1.54. The first-order valence-electron chi connectivity index (χ1n) is 3.34. The summed E-state index contributed by atoms with van der Waals surface area (Å²) in [6, 6.07) is 0. The molecule has 54 valence electrons. The monoisotopic (exact) mass is 136 g/mol. The molecule has 0 unspecified atom stereocenters. The van der Waals surface area contributed by atoms with Crippen LogP contribution < -0.4 is 5.32 Å². The highest BCUT2D eigenvalue weighted by molar-refractivity contribution is 5.74. The molecule has 0 aromatic rings. The summed E-state index contributed by atoms with van der Waals surface area (Å²) in [5.74, 6) is 0. The van der Waals surface area contributed by atoms with Gasteiger partial charge in [-0.15, -0.1) is 0 Å². The zero-order chi connectivity index (χ0) is 7.45. The summed E-state index contributed by atoms with van der Waals surface area (Å²) in [6.07, 6.45) is 9.63. The van der Waals surface area contributed by atoms with Crippen molar-refractivity contribution >= 4 is 6.21 Å². The summed E-state index contributed by atoms with van der Waals surface area (Å²) in [7, 11) is 1.92. The van der Waals surface area contributed by atoms with Crippen molar-refractivity contribution in [1.29, 1.82) is 0 Å². The molecule has 0 bridgehead atoms. The van der Waals surface area contributed by atoms with E-state index in [0.29, 0.717) is 0 Å². The van der Waals surface area contributed by atoms with E-state index in [2.05, 4.69) is 23.3 Å². The molecule has 10 heavy (non-hydrogen) atoms. The van der Waals surface area contributed by atoms with Crippen LogP contribution in [0.4, 0.5) is 0 Å². The smallest absolute Gasteiger partial charge is 0.0695 e. The maximum atomic E-state index is 4.06. The number of nitrogens with one attached hydrogen (secondary N) is 1. The summed E-state index contributed by atoms with van der Waals surface area (Å²) in [5, 5.41) is 3.14. The maximum absolute atomic E-state index is 4.06. The molecule has 1 N–H and O–H groups in total. The average molecular weight is 136 g/mol. The lowest BCUT2D eigenvalue weighted by molar-refractivity contribution is 0.637. The Balaban J connectivity index is 2.80. The second kappa shape index (κ2) is 2.80. The van der Waals surface area contributed by atoms with Gasteiger partial charge in [0.15, 0.2) is 0 Å². The van der Waals surface area contributed by atoms with Gasteiger partial charge in [0.05, 0.1) is 5.54 Å². The van der Waals surface area contributed by atoms with Gasteiger partial charge in [0.2, 0.25) is 0 Å². The minimum absolute atomic E-state index is 0.0799. The standard InChI is InChI=1S/C8H12N2/c1-8(9-2)5-3-4-6-10-7-8/h3-7,9H,1-2H3/t8-/m1/s1. The molecule has 0 aromatic carbocycles. The second-order valence-corrected chi connectivity index (χ2v) is 2.51. The second-order valence-electron chi connectivity index (χ2n) is 2.51. The van der Waals surface area contributed by atoms with Crippen LogP contribution in [0.5, 0.6) is 0 Å². The summed E-state index contributed by atoms with van der Waals surface area (Å²) in [4.78, 5) is 4.06. The van der Waals surface area contributed by atoms with Crippen LogP contribution >= 0.6 is 0 Å². The van der Waals surface area contributed by atoms with E-state index in [4.69, 9.17) is 0 Å². The van der Waals surface area contributed by atoms with Gasteiger partial charge in [0.1, 0.15) is 0 Å². The largest absolute Gasteiger partial charge is 0.307 e. The fourth-order valence-corrected chi connectivity index (χ4v) is 0.744. The molecule has 0 spiro atoms. The lowest BCUT2D eigenvalue weighted by Gasteiger charge is -2.18. The molecule has 0 radical (unpaired) electrons. The van der Waals surface area contributed by atoms with Crippen molar-refractivity contribution in [2.75, 3.05) is 7.05 Å². The van der Waals surface area contributed by atoms with Crippen LogP contribution in [0.1, 0.15) is 6.92 Å². The molecule has 1 heterocycles. The van der Waals surface area contributed by atoms with E-state index in [1.807, 2.05) is 25.4 Å². The van der Waals surface area contributed by atoms with Crippen molar-refractivity contribution in [2.45, 2.75) is 12.5 Å². The number of hydrogen-bond donors (Lipinski definition) is 1. The number of rotatable bonds is 1. The summed E-state index contributed by atoms with van der Waals surface area (Å²) in [6.45, 7) is 2.07. The van der Waals surface area contributed by atoms with Gasteiger partial charge in [0, 0.05) is 12.4 Å². The lowest BCUT2D eigenvalue weighted by atomic mass is 10.0. The Morgan fingerprint density at radius 1 is 1.40 bits per heavy atom. The number of allylic oxidation sites excluding steroid dienone is 2. The molecule has 2 heteroatoms. The first-order valence-corrected chi connectivity index (χ1v) is 3.34. The van der Waals surface area contributed by atoms with Gasteiger partial charge in [-0.05, 0) is 20.0 Å². The van der Waals surface area contributed by atoms with E-state index in [0.717, 1.165) is 0 Å². The third-order valence-electron chi connectivity index (χ3n) is 1.61. The average Bonchev–Trinajstić information content (AvgIpc) is 2.15.